The molecule has 2 N–H and O–H groups in total. The number of hydrogen-bond donors (Lipinski definition) is 2. The van der Waals surface area contributed by atoms with Gasteiger partial charge < -0.3 is 19.8 Å². The van der Waals surface area contributed by atoms with E-state index in [4.69, 9.17) is 9.15 Å². The molecule has 1 unspecified atom stereocenters. The largest absolute Gasteiger partial charge is 0.469 e. The lowest BCUT2D eigenvalue weighted by Gasteiger charge is -2.15. The molecular formula is C16H27N3O2. The van der Waals surface area contributed by atoms with Gasteiger partial charge in [0.15, 0.2) is 5.96 Å². The van der Waals surface area contributed by atoms with Crippen molar-refractivity contribution in [2.75, 3.05) is 26.2 Å². The van der Waals surface area contributed by atoms with Crippen molar-refractivity contribution in [3.05, 3.63) is 24.2 Å². The second kappa shape index (κ2) is 8.72. The van der Waals surface area contributed by atoms with E-state index in [1.54, 1.807) is 6.26 Å². The molecule has 0 bridgehead atoms. The van der Waals surface area contributed by atoms with Crippen LogP contribution in [0.4, 0.5) is 0 Å². The smallest absolute Gasteiger partial charge is 0.191 e. The van der Waals surface area contributed by atoms with Crippen molar-refractivity contribution < 1.29 is 9.15 Å². The fourth-order valence-electron chi connectivity index (χ4n) is 2.22. The number of guanidine groups is 1. The van der Waals surface area contributed by atoms with Gasteiger partial charge in [-0.25, -0.2) is 0 Å². The van der Waals surface area contributed by atoms with E-state index in [2.05, 4.69) is 29.5 Å². The zero-order valence-corrected chi connectivity index (χ0v) is 13.1. The lowest BCUT2D eigenvalue weighted by Crippen LogP contribution is -2.42. The summed E-state index contributed by atoms with van der Waals surface area (Å²) in [4.78, 5) is 4.61. The molecule has 2 heterocycles. The molecule has 0 aromatic carbocycles. The van der Waals surface area contributed by atoms with Gasteiger partial charge in [-0.15, -0.1) is 0 Å². The summed E-state index contributed by atoms with van der Waals surface area (Å²) in [5, 5.41) is 6.74. The average Bonchev–Trinajstić information content (AvgIpc) is 3.14. The van der Waals surface area contributed by atoms with E-state index >= 15 is 0 Å². The quantitative estimate of drug-likeness (QED) is 0.598. The van der Waals surface area contributed by atoms with Crippen LogP contribution in [0.5, 0.6) is 0 Å². The Morgan fingerprint density at radius 3 is 3.00 bits per heavy atom. The molecule has 5 heteroatoms. The van der Waals surface area contributed by atoms with Gasteiger partial charge in [-0.1, -0.05) is 13.8 Å². The van der Waals surface area contributed by atoms with E-state index in [9.17, 15) is 0 Å². The second-order valence-electron chi connectivity index (χ2n) is 5.86. The molecule has 1 aliphatic heterocycles. The highest BCUT2D eigenvalue weighted by Gasteiger charge is 2.15. The molecule has 1 aromatic rings. The molecule has 0 aliphatic carbocycles. The molecule has 21 heavy (non-hydrogen) atoms. The maximum atomic E-state index is 5.63. The molecule has 0 radical (unpaired) electrons. The summed E-state index contributed by atoms with van der Waals surface area (Å²) in [6, 6.07) is 3.91. The summed E-state index contributed by atoms with van der Waals surface area (Å²) in [6.07, 6.45) is 5.18. The van der Waals surface area contributed by atoms with Crippen molar-refractivity contribution >= 4 is 5.96 Å². The van der Waals surface area contributed by atoms with Crippen molar-refractivity contribution in [3.63, 3.8) is 0 Å². The Morgan fingerprint density at radius 1 is 1.43 bits per heavy atom. The Labute approximate surface area is 127 Å². The predicted octanol–water partition coefficient (Wildman–Crippen LogP) is 2.19. The minimum absolute atomic E-state index is 0.320. The highest BCUT2D eigenvalue weighted by Crippen LogP contribution is 2.10. The number of aliphatic imine (C=N–C) groups is 1. The second-order valence-corrected chi connectivity index (χ2v) is 5.86. The lowest BCUT2D eigenvalue weighted by atomic mass is 10.2. The molecule has 0 saturated carbocycles. The van der Waals surface area contributed by atoms with Gasteiger partial charge in [0.1, 0.15) is 5.76 Å². The zero-order valence-electron chi connectivity index (χ0n) is 13.1. The van der Waals surface area contributed by atoms with Crippen molar-refractivity contribution in [2.24, 2.45) is 10.9 Å². The summed E-state index contributed by atoms with van der Waals surface area (Å²) in [7, 11) is 0. The monoisotopic (exact) mass is 293 g/mol. The normalized spacial score (nSPS) is 19.2. The third-order valence-corrected chi connectivity index (χ3v) is 3.38. The molecule has 1 saturated heterocycles. The van der Waals surface area contributed by atoms with E-state index in [1.165, 1.54) is 0 Å². The summed E-state index contributed by atoms with van der Waals surface area (Å²) in [5.74, 6) is 2.41. The van der Waals surface area contributed by atoms with Crippen LogP contribution >= 0.6 is 0 Å². The molecule has 0 amide bonds. The fraction of sp³-hybridized carbons (Fsp3) is 0.688. The lowest BCUT2D eigenvalue weighted by molar-refractivity contribution is 0.114. The molecule has 1 fully saturated rings. The Bertz CT molecular complexity index is 409. The predicted molar refractivity (Wildman–Crippen MR) is 84.5 cm³/mol. The first-order valence-corrected chi connectivity index (χ1v) is 7.90. The first-order valence-electron chi connectivity index (χ1n) is 7.90. The van der Waals surface area contributed by atoms with Crippen molar-refractivity contribution in [1.29, 1.82) is 0 Å². The number of nitrogens with one attached hydrogen (secondary N) is 2. The third-order valence-electron chi connectivity index (χ3n) is 3.38. The summed E-state index contributed by atoms with van der Waals surface area (Å²) >= 11 is 0. The van der Waals surface area contributed by atoms with Crippen LogP contribution < -0.4 is 10.6 Å². The van der Waals surface area contributed by atoms with E-state index < -0.39 is 0 Å². The highest BCUT2D eigenvalue weighted by molar-refractivity contribution is 5.79. The molecule has 118 valence electrons. The molecule has 5 nitrogen and oxygen atoms in total. The molecule has 1 aromatic heterocycles. The van der Waals surface area contributed by atoms with Crippen LogP contribution in [0.15, 0.2) is 27.8 Å². The van der Waals surface area contributed by atoms with Gasteiger partial charge in [0.2, 0.25) is 0 Å². The number of nitrogens with zero attached hydrogens (tertiary/aromatic N) is 1. The molecule has 1 atom stereocenters. The SMILES string of the molecule is CC(C)CN=C(NCCc1ccco1)NCC1CCCO1. The van der Waals surface area contributed by atoms with Crippen LogP contribution in [0.25, 0.3) is 0 Å². The standard InChI is InChI=1S/C16H27N3O2/c1-13(2)11-18-16(19-12-15-6-4-10-21-15)17-8-7-14-5-3-9-20-14/h3,5,9,13,15H,4,6-8,10-12H2,1-2H3,(H2,17,18,19). The van der Waals surface area contributed by atoms with Crippen molar-refractivity contribution in [1.82, 2.24) is 10.6 Å². The molecular weight excluding hydrogens is 266 g/mol. The van der Waals surface area contributed by atoms with Gasteiger partial charge in [-0.2, -0.15) is 0 Å². The van der Waals surface area contributed by atoms with Crippen LogP contribution in [0.2, 0.25) is 0 Å². The maximum Gasteiger partial charge on any atom is 0.191 e. The molecule has 0 spiro atoms. The van der Waals surface area contributed by atoms with Gasteiger partial charge in [0.05, 0.1) is 12.4 Å². The topological polar surface area (TPSA) is 58.8 Å². The zero-order chi connectivity index (χ0) is 14.9. The van der Waals surface area contributed by atoms with Crippen LogP contribution in [0, 0.1) is 5.92 Å². The summed E-state index contributed by atoms with van der Waals surface area (Å²) < 4.78 is 11.0. The Balaban J connectivity index is 1.75. The Hall–Kier alpha value is -1.49. The fourth-order valence-corrected chi connectivity index (χ4v) is 2.22. The van der Waals surface area contributed by atoms with Crippen molar-refractivity contribution in [2.45, 2.75) is 39.2 Å². The van der Waals surface area contributed by atoms with E-state index in [0.717, 1.165) is 57.2 Å². The van der Waals surface area contributed by atoms with E-state index in [-0.39, 0.29) is 0 Å². The van der Waals surface area contributed by atoms with Crippen LogP contribution in [-0.4, -0.2) is 38.3 Å². The summed E-state index contributed by atoms with van der Waals surface area (Å²) in [5.41, 5.74) is 0. The van der Waals surface area contributed by atoms with Gasteiger partial charge in [-0.05, 0) is 30.9 Å². The Kier molecular flexibility index (Phi) is 6.60. The van der Waals surface area contributed by atoms with E-state index in [0.29, 0.717) is 12.0 Å². The van der Waals surface area contributed by atoms with Gasteiger partial charge in [0, 0.05) is 32.7 Å². The van der Waals surface area contributed by atoms with Crippen LogP contribution in [0.1, 0.15) is 32.4 Å². The maximum absolute atomic E-state index is 5.63. The van der Waals surface area contributed by atoms with Gasteiger partial charge in [0.25, 0.3) is 0 Å². The number of ether oxygens (including phenoxy) is 1. The van der Waals surface area contributed by atoms with E-state index in [1.807, 2.05) is 12.1 Å². The summed E-state index contributed by atoms with van der Waals surface area (Å²) in [6.45, 7) is 7.68. The minimum atomic E-state index is 0.320. The first kappa shape index (κ1) is 15.9. The average molecular weight is 293 g/mol. The number of furan rings is 1. The van der Waals surface area contributed by atoms with Crippen LogP contribution in [-0.2, 0) is 11.2 Å². The Morgan fingerprint density at radius 2 is 2.33 bits per heavy atom. The molecule has 1 aliphatic rings. The minimum Gasteiger partial charge on any atom is -0.469 e. The first-order chi connectivity index (χ1) is 10.2. The number of hydrogen-bond acceptors (Lipinski definition) is 3. The van der Waals surface area contributed by atoms with Gasteiger partial charge in [-0.3, -0.25) is 4.99 Å². The molecule has 2 rings (SSSR count). The highest BCUT2D eigenvalue weighted by atomic mass is 16.5. The van der Waals surface area contributed by atoms with Crippen molar-refractivity contribution in [3.8, 4) is 0 Å². The van der Waals surface area contributed by atoms with Gasteiger partial charge >= 0.3 is 0 Å². The number of rotatable bonds is 7. The third kappa shape index (κ3) is 6.21. The van der Waals surface area contributed by atoms with Crippen LogP contribution in [0.3, 0.4) is 0 Å².